The Kier molecular flexibility index (Phi) is 8.67. The summed E-state index contributed by atoms with van der Waals surface area (Å²) in [5.41, 5.74) is 2.50. The summed E-state index contributed by atoms with van der Waals surface area (Å²) in [7, 11) is -3.35. The van der Waals surface area contributed by atoms with Crippen LogP contribution in [0.3, 0.4) is 0 Å². The maximum atomic E-state index is 13.3. The van der Waals surface area contributed by atoms with Gasteiger partial charge in [0.05, 0.1) is 10.6 Å². The summed E-state index contributed by atoms with van der Waals surface area (Å²) in [5.74, 6) is -0.362. The number of nitriles is 1. The van der Waals surface area contributed by atoms with Crippen LogP contribution in [-0.4, -0.2) is 49.2 Å². The summed E-state index contributed by atoms with van der Waals surface area (Å²) in [6.45, 7) is 2.59. The van der Waals surface area contributed by atoms with E-state index < -0.39 is 9.84 Å². The minimum absolute atomic E-state index is 0.0228. The van der Waals surface area contributed by atoms with Gasteiger partial charge in [-0.25, -0.2) is 13.1 Å². The van der Waals surface area contributed by atoms with Crippen LogP contribution in [0.4, 0.5) is 5.82 Å². The highest BCUT2D eigenvalue weighted by atomic mass is 35.5. The van der Waals surface area contributed by atoms with Gasteiger partial charge in [0.2, 0.25) is 5.78 Å². The summed E-state index contributed by atoms with van der Waals surface area (Å²) in [6.07, 6.45) is 1.60. The zero-order valence-corrected chi connectivity index (χ0v) is 23.4. The molecule has 0 aliphatic carbocycles. The molecule has 11 heteroatoms. The second-order valence-electron chi connectivity index (χ2n) is 9.10. The number of aromatic nitrogens is 2. The van der Waals surface area contributed by atoms with Crippen molar-refractivity contribution in [3.8, 4) is 11.8 Å². The SMILES string of the molecule is Cc1ccc(C(=O)c2nn(-c3ccc(Cl)cc3)c(NCCCNC(=O)c3ccc(S(C)(=O)=O)cc3)c2C#N)cc1. The quantitative estimate of drug-likeness (QED) is 0.209. The van der Waals surface area contributed by atoms with Gasteiger partial charge in [0.25, 0.3) is 5.91 Å². The predicted octanol–water partition coefficient (Wildman–Crippen LogP) is 4.57. The van der Waals surface area contributed by atoms with Gasteiger partial charge >= 0.3 is 0 Å². The molecule has 1 heterocycles. The summed E-state index contributed by atoms with van der Waals surface area (Å²) < 4.78 is 24.7. The molecule has 1 aromatic heterocycles. The number of anilines is 1. The Morgan fingerprint density at radius 3 is 2.17 bits per heavy atom. The molecule has 0 aliphatic rings. The first-order valence-corrected chi connectivity index (χ1v) is 14.6. The molecule has 0 atom stereocenters. The number of ketones is 1. The van der Waals surface area contributed by atoms with Crippen LogP contribution < -0.4 is 10.6 Å². The molecule has 0 saturated heterocycles. The third kappa shape index (κ3) is 6.57. The van der Waals surface area contributed by atoms with Crippen molar-refractivity contribution < 1.29 is 18.0 Å². The van der Waals surface area contributed by atoms with Crippen molar-refractivity contribution in [2.24, 2.45) is 0 Å². The predicted molar refractivity (Wildman–Crippen MR) is 153 cm³/mol. The number of sulfone groups is 1. The number of rotatable bonds is 10. The van der Waals surface area contributed by atoms with Crippen molar-refractivity contribution in [3.05, 3.63) is 106 Å². The first kappa shape index (κ1) is 28.5. The van der Waals surface area contributed by atoms with E-state index in [1.54, 1.807) is 36.4 Å². The largest absolute Gasteiger partial charge is 0.369 e. The molecule has 0 bridgehead atoms. The van der Waals surface area contributed by atoms with Crippen LogP contribution >= 0.6 is 11.6 Å². The second-order valence-corrected chi connectivity index (χ2v) is 11.6. The van der Waals surface area contributed by atoms with E-state index in [0.29, 0.717) is 47.2 Å². The smallest absolute Gasteiger partial charge is 0.251 e. The molecule has 0 radical (unpaired) electrons. The monoisotopic (exact) mass is 575 g/mol. The van der Waals surface area contributed by atoms with Gasteiger partial charge in [-0.2, -0.15) is 10.4 Å². The van der Waals surface area contributed by atoms with Gasteiger partial charge in [-0.15, -0.1) is 0 Å². The molecule has 204 valence electrons. The van der Waals surface area contributed by atoms with E-state index in [1.807, 2.05) is 19.1 Å². The molecule has 0 spiro atoms. The lowest BCUT2D eigenvalue weighted by Crippen LogP contribution is -2.26. The van der Waals surface area contributed by atoms with E-state index in [4.69, 9.17) is 11.6 Å². The van der Waals surface area contributed by atoms with Crippen LogP contribution in [0.1, 0.15) is 44.0 Å². The summed E-state index contributed by atoms with van der Waals surface area (Å²) in [5, 5.41) is 21.0. The number of hydrogen-bond acceptors (Lipinski definition) is 7. The van der Waals surface area contributed by atoms with Gasteiger partial charge in [0, 0.05) is 35.5 Å². The Morgan fingerprint density at radius 1 is 0.950 bits per heavy atom. The van der Waals surface area contributed by atoms with Crippen molar-refractivity contribution in [1.29, 1.82) is 5.26 Å². The van der Waals surface area contributed by atoms with Gasteiger partial charge in [-0.3, -0.25) is 9.59 Å². The van der Waals surface area contributed by atoms with Gasteiger partial charge in [-0.05, 0) is 61.9 Å². The van der Waals surface area contributed by atoms with E-state index in [9.17, 15) is 23.3 Å². The van der Waals surface area contributed by atoms with E-state index >= 15 is 0 Å². The maximum absolute atomic E-state index is 13.3. The number of nitrogens with zero attached hydrogens (tertiary/aromatic N) is 3. The summed E-state index contributed by atoms with van der Waals surface area (Å²) in [6, 6.07) is 21.7. The van der Waals surface area contributed by atoms with Crippen LogP contribution in [0.15, 0.2) is 77.7 Å². The van der Waals surface area contributed by atoms with Crippen molar-refractivity contribution in [2.75, 3.05) is 24.7 Å². The molecule has 4 rings (SSSR count). The van der Waals surface area contributed by atoms with Crippen LogP contribution in [0, 0.1) is 18.3 Å². The van der Waals surface area contributed by atoms with Crippen molar-refractivity contribution >= 4 is 38.9 Å². The van der Waals surface area contributed by atoms with E-state index in [-0.39, 0.29) is 27.8 Å². The summed E-state index contributed by atoms with van der Waals surface area (Å²) >= 11 is 6.05. The Hall–Kier alpha value is -4.46. The lowest BCUT2D eigenvalue weighted by molar-refractivity contribution is 0.0952. The number of aryl methyl sites for hydroxylation is 1. The highest BCUT2D eigenvalue weighted by Gasteiger charge is 2.25. The zero-order chi connectivity index (χ0) is 28.9. The standard InChI is InChI=1S/C29H26ClN5O4S/c1-19-4-6-20(7-5-19)27(36)26-25(18-31)28(35(34-26)23-12-10-22(30)11-13-23)32-16-3-17-33-29(37)21-8-14-24(15-9-21)40(2,38)39/h4-15,32H,3,16-17H2,1-2H3,(H,33,37). The third-order valence-electron chi connectivity index (χ3n) is 6.07. The Labute approximate surface area is 237 Å². The Morgan fingerprint density at radius 2 is 1.57 bits per heavy atom. The fraction of sp³-hybridized carbons (Fsp3) is 0.172. The number of amides is 1. The van der Waals surface area contributed by atoms with Crippen LogP contribution in [-0.2, 0) is 9.84 Å². The highest BCUT2D eigenvalue weighted by Crippen LogP contribution is 2.26. The molecule has 0 saturated carbocycles. The van der Waals surface area contributed by atoms with Gasteiger partial charge < -0.3 is 10.6 Å². The van der Waals surface area contributed by atoms with Gasteiger partial charge in [0.1, 0.15) is 17.5 Å². The summed E-state index contributed by atoms with van der Waals surface area (Å²) in [4.78, 5) is 25.9. The topological polar surface area (TPSA) is 134 Å². The number of nitrogens with one attached hydrogen (secondary N) is 2. The average Bonchev–Trinajstić information content (AvgIpc) is 3.31. The molecule has 9 nitrogen and oxygen atoms in total. The number of carbonyl (C=O) groups excluding carboxylic acids is 2. The molecule has 0 unspecified atom stereocenters. The second kappa shape index (κ2) is 12.2. The average molecular weight is 576 g/mol. The molecule has 3 aromatic carbocycles. The molecule has 0 fully saturated rings. The first-order valence-electron chi connectivity index (χ1n) is 12.3. The molecule has 2 N–H and O–H groups in total. The number of hydrogen-bond donors (Lipinski definition) is 2. The molecular formula is C29H26ClN5O4S. The Balaban J connectivity index is 1.49. The van der Waals surface area contributed by atoms with Crippen LogP contribution in [0.25, 0.3) is 5.69 Å². The first-order chi connectivity index (χ1) is 19.1. The van der Waals surface area contributed by atoms with Crippen molar-refractivity contribution in [3.63, 3.8) is 0 Å². The lowest BCUT2D eigenvalue weighted by atomic mass is 10.0. The molecule has 40 heavy (non-hydrogen) atoms. The Bertz CT molecular complexity index is 1690. The van der Waals surface area contributed by atoms with Crippen molar-refractivity contribution in [2.45, 2.75) is 18.2 Å². The van der Waals surface area contributed by atoms with E-state index in [2.05, 4.69) is 21.8 Å². The number of halogens is 1. The van der Waals surface area contributed by atoms with Gasteiger partial charge in [0.15, 0.2) is 15.5 Å². The molecule has 0 aliphatic heterocycles. The van der Waals surface area contributed by atoms with E-state index in [0.717, 1.165) is 11.8 Å². The molecule has 4 aromatic rings. The fourth-order valence-electron chi connectivity index (χ4n) is 3.91. The van der Waals surface area contributed by atoms with Crippen LogP contribution in [0.5, 0.6) is 0 Å². The van der Waals surface area contributed by atoms with Crippen LogP contribution in [0.2, 0.25) is 5.02 Å². The molecule has 1 amide bonds. The van der Waals surface area contributed by atoms with Gasteiger partial charge in [-0.1, -0.05) is 41.4 Å². The maximum Gasteiger partial charge on any atom is 0.251 e. The number of benzene rings is 3. The highest BCUT2D eigenvalue weighted by molar-refractivity contribution is 7.90. The molecular weight excluding hydrogens is 550 g/mol. The van der Waals surface area contributed by atoms with Crippen molar-refractivity contribution in [1.82, 2.24) is 15.1 Å². The minimum Gasteiger partial charge on any atom is -0.369 e. The minimum atomic E-state index is -3.35. The lowest BCUT2D eigenvalue weighted by Gasteiger charge is -2.11. The number of carbonyl (C=O) groups is 2. The normalized spacial score (nSPS) is 11.1. The fourth-order valence-corrected chi connectivity index (χ4v) is 4.67. The zero-order valence-electron chi connectivity index (χ0n) is 21.8. The van der Waals surface area contributed by atoms with E-state index in [1.165, 1.54) is 28.9 Å². The third-order valence-corrected chi connectivity index (χ3v) is 7.45.